The minimum atomic E-state index is -2.87. The summed E-state index contributed by atoms with van der Waals surface area (Å²) in [6.07, 6.45) is 0.632. The van der Waals surface area contributed by atoms with Crippen LogP contribution in [-0.2, 0) is 14.6 Å². The number of hydrogen-bond acceptors (Lipinski definition) is 4. The van der Waals surface area contributed by atoms with Gasteiger partial charge in [-0.05, 0) is 17.8 Å². The molecule has 6 heteroatoms. The van der Waals surface area contributed by atoms with Crippen molar-refractivity contribution in [2.45, 2.75) is 33.2 Å². The Labute approximate surface area is 103 Å². The molecule has 0 saturated carbocycles. The van der Waals surface area contributed by atoms with Crippen molar-refractivity contribution < 1.29 is 13.2 Å². The number of carbonyl (C=O) groups excluding carboxylic acids is 1. The second kappa shape index (κ2) is 4.94. The Morgan fingerprint density at radius 2 is 2.06 bits per heavy atom. The first-order valence-corrected chi connectivity index (χ1v) is 7.68. The van der Waals surface area contributed by atoms with Gasteiger partial charge in [-0.3, -0.25) is 4.79 Å². The summed E-state index contributed by atoms with van der Waals surface area (Å²) in [5.41, 5.74) is 5.52. The Bertz CT molecular complexity index is 384. The smallest absolute Gasteiger partial charge is 0.237 e. The number of nitrogens with one attached hydrogen (secondary N) is 1. The predicted octanol–water partition coefficient (Wildman–Crippen LogP) is -0.0893. The Hall–Kier alpha value is -0.620. The molecular formula is C11H22N2O3S. The maximum Gasteiger partial charge on any atom is 0.237 e. The third kappa shape index (κ3) is 4.27. The molecule has 0 bridgehead atoms. The van der Waals surface area contributed by atoms with E-state index in [0.29, 0.717) is 13.0 Å². The monoisotopic (exact) mass is 262 g/mol. The van der Waals surface area contributed by atoms with Gasteiger partial charge in [0.2, 0.25) is 5.91 Å². The Kier molecular flexibility index (Phi) is 4.19. The normalized spacial score (nSPS) is 25.5. The molecule has 1 saturated heterocycles. The molecule has 0 spiro atoms. The summed E-state index contributed by atoms with van der Waals surface area (Å²) in [6, 6.07) is -0.569. The maximum atomic E-state index is 11.7. The number of nitrogens with two attached hydrogens (primary N) is 1. The van der Waals surface area contributed by atoms with Gasteiger partial charge in [-0.15, -0.1) is 0 Å². The highest BCUT2D eigenvalue weighted by Crippen LogP contribution is 2.19. The van der Waals surface area contributed by atoms with Crippen LogP contribution in [0.25, 0.3) is 0 Å². The predicted molar refractivity (Wildman–Crippen MR) is 67.2 cm³/mol. The molecule has 3 N–H and O–H groups in total. The zero-order chi connectivity index (χ0) is 13.3. The minimum Gasteiger partial charge on any atom is -0.354 e. The van der Waals surface area contributed by atoms with Gasteiger partial charge in [0.1, 0.15) is 0 Å². The summed E-state index contributed by atoms with van der Waals surface area (Å²) in [4.78, 5) is 11.7. The molecule has 2 unspecified atom stereocenters. The minimum absolute atomic E-state index is 0.0381. The van der Waals surface area contributed by atoms with Gasteiger partial charge in [-0.1, -0.05) is 20.8 Å². The Morgan fingerprint density at radius 3 is 2.47 bits per heavy atom. The van der Waals surface area contributed by atoms with Gasteiger partial charge in [-0.2, -0.15) is 0 Å². The largest absolute Gasteiger partial charge is 0.354 e. The summed E-state index contributed by atoms with van der Waals surface area (Å²) in [7, 11) is -2.87. The number of carbonyl (C=O) groups is 1. The summed E-state index contributed by atoms with van der Waals surface area (Å²) in [5, 5.41) is 2.74. The molecule has 1 heterocycles. The van der Waals surface area contributed by atoms with E-state index in [9.17, 15) is 13.2 Å². The van der Waals surface area contributed by atoms with E-state index in [-0.39, 0.29) is 28.7 Å². The van der Waals surface area contributed by atoms with Crippen molar-refractivity contribution >= 4 is 15.7 Å². The number of hydrogen-bond donors (Lipinski definition) is 2. The van der Waals surface area contributed by atoms with Gasteiger partial charge in [0.15, 0.2) is 9.84 Å². The van der Waals surface area contributed by atoms with Crippen molar-refractivity contribution in [2.24, 2.45) is 17.1 Å². The summed E-state index contributed by atoms with van der Waals surface area (Å²) < 4.78 is 22.5. The lowest BCUT2D eigenvalue weighted by Gasteiger charge is -2.26. The molecule has 5 nitrogen and oxygen atoms in total. The van der Waals surface area contributed by atoms with E-state index in [1.807, 2.05) is 20.8 Å². The van der Waals surface area contributed by atoms with Crippen LogP contribution in [0.3, 0.4) is 0 Å². The molecule has 0 aromatic carbocycles. The lowest BCUT2D eigenvalue weighted by atomic mass is 9.87. The van der Waals surface area contributed by atoms with Gasteiger partial charge < -0.3 is 11.1 Å². The van der Waals surface area contributed by atoms with E-state index in [1.165, 1.54) is 0 Å². The lowest BCUT2D eigenvalue weighted by molar-refractivity contribution is -0.124. The fourth-order valence-electron chi connectivity index (χ4n) is 1.78. The van der Waals surface area contributed by atoms with E-state index in [4.69, 9.17) is 5.73 Å². The van der Waals surface area contributed by atoms with Crippen LogP contribution in [0, 0.1) is 11.3 Å². The van der Waals surface area contributed by atoms with Crippen molar-refractivity contribution in [3.05, 3.63) is 0 Å². The molecule has 1 aliphatic rings. The molecule has 1 aliphatic heterocycles. The maximum absolute atomic E-state index is 11.7. The average Bonchev–Trinajstić information content (AvgIpc) is 2.52. The quantitative estimate of drug-likeness (QED) is 0.744. The number of amides is 1. The van der Waals surface area contributed by atoms with Crippen molar-refractivity contribution in [1.29, 1.82) is 0 Å². The van der Waals surface area contributed by atoms with Gasteiger partial charge in [0, 0.05) is 6.54 Å². The van der Waals surface area contributed by atoms with Crippen LogP contribution >= 0.6 is 0 Å². The highest BCUT2D eigenvalue weighted by molar-refractivity contribution is 7.91. The molecular weight excluding hydrogens is 240 g/mol. The molecule has 0 aromatic heterocycles. The second-order valence-electron chi connectivity index (χ2n) is 5.86. The van der Waals surface area contributed by atoms with Crippen LogP contribution in [0.5, 0.6) is 0 Å². The molecule has 1 rings (SSSR count). The molecule has 1 amide bonds. The lowest BCUT2D eigenvalue weighted by Crippen LogP contribution is -2.49. The van der Waals surface area contributed by atoms with E-state index in [1.54, 1.807) is 0 Å². The van der Waals surface area contributed by atoms with E-state index < -0.39 is 15.9 Å². The molecule has 100 valence electrons. The van der Waals surface area contributed by atoms with Gasteiger partial charge in [-0.25, -0.2) is 8.42 Å². The second-order valence-corrected chi connectivity index (χ2v) is 8.09. The van der Waals surface area contributed by atoms with Crippen molar-refractivity contribution in [1.82, 2.24) is 5.32 Å². The van der Waals surface area contributed by atoms with Gasteiger partial charge in [0.05, 0.1) is 17.5 Å². The first-order valence-electron chi connectivity index (χ1n) is 5.85. The van der Waals surface area contributed by atoms with Crippen molar-refractivity contribution in [2.75, 3.05) is 18.1 Å². The van der Waals surface area contributed by atoms with Crippen LogP contribution < -0.4 is 11.1 Å². The van der Waals surface area contributed by atoms with Gasteiger partial charge >= 0.3 is 0 Å². The zero-order valence-electron chi connectivity index (χ0n) is 10.7. The Balaban J connectivity index is 2.40. The summed E-state index contributed by atoms with van der Waals surface area (Å²) >= 11 is 0. The number of rotatable bonds is 3. The summed E-state index contributed by atoms with van der Waals surface area (Å²) in [5.74, 6) is 0.245. The highest BCUT2D eigenvalue weighted by Gasteiger charge is 2.30. The highest BCUT2D eigenvalue weighted by atomic mass is 32.2. The molecule has 1 fully saturated rings. The van der Waals surface area contributed by atoms with Crippen LogP contribution in [0.4, 0.5) is 0 Å². The topological polar surface area (TPSA) is 89.3 Å². The molecule has 2 atom stereocenters. The first kappa shape index (κ1) is 14.4. The van der Waals surface area contributed by atoms with E-state index in [2.05, 4.69) is 5.32 Å². The summed E-state index contributed by atoms with van der Waals surface area (Å²) in [6.45, 7) is 6.10. The number of sulfone groups is 1. The van der Waals surface area contributed by atoms with Crippen molar-refractivity contribution in [3.63, 3.8) is 0 Å². The van der Waals surface area contributed by atoms with E-state index >= 15 is 0 Å². The third-order valence-electron chi connectivity index (χ3n) is 3.11. The molecule has 0 aliphatic carbocycles. The van der Waals surface area contributed by atoms with Crippen molar-refractivity contribution in [3.8, 4) is 0 Å². The van der Waals surface area contributed by atoms with Gasteiger partial charge in [0.25, 0.3) is 0 Å². The van der Waals surface area contributed by atoms with Crippen LogP contribution in [-0.4, -0.2) is 38.4 Å². The fraction of sp³-hybridized carbons (Fsp3) is 0.909. The van der Waals surface area contributed by atoms with Crippen LogP contribution in [0.2, 0.25) is 0 Å². The third-order valence-corrected chi connectivity index (χ3v) is 4.94. The Morgan fingerprint density at radius 1 is 1.47 bits per heavy atom. The molecule has 0 radical (unpaired) electrons. The average molecular weight is 262 g/mol. The SMILES string of the molecule is CC(C)(C)C(N)C(=O)NCC1CCS(=O)(=O)C1. The van der Waals surface area contributed by atoms with E-state index in [0.717, 1.165) is 0 Å². The zero-order valence-corrected chi connectivity index (χ0v) is 11.5. The van der Waals surface area contributed by atoms with Crippen LogP contribution in [0.1, 0.15) is 27.2 Å². The van der Waals surface area contributed by atoms with Crippen LogP contribution in [0.15, 0.2) is 0 Å². The standard InChI is InChI=1S/C11H22N2O3S/c1-11(2,3)9(12)10(14)13-6-8-4-5-17(15,16)7-8/h8-9H,4-7,12H2,1-3H3,(H,13,14). The molecule has 0 aromatic rings. The first-order chi connectivity index (χ1) is 7.62. The fourth-order valence-corrected chi connectivity index (χ4v) is 3.64. The molecule has 17 heavy (non-hydrogen) atoms.